The maximum Gasteiger partial charge on any atom is 0.388 e. The van der Waals surface area contributed by atoms with Gasteiger partial charge in [-0.1, -0.05) is 0 Å². The number of aromatic nitrogens is 5. The monoisotopic (exact) mass is 609 g/mol. The van der Waals surface area contributed by atoms with E-state index in [1.54, 1.807) is 13.4 Å². The van der Waals surface area contributed by atoms with E-state index >= 15 is 0 Å². The van der Waals surface area contributed by atoms with Gasteiger partial charge in [-0.05, 0) is 56.4 Å². The summed E-state index contributed by atoms with van der Waals surface area (Å²) >= 11 is 1.46. The molecule has 15 heteroatoms. The van der Waals surface area contributed by atoms with E-state index in [0.717, 1.165) is 10.4 Å². The summed E-state index contributed by atoms with van der Waals surface area (Å²) in [6.45, 7) is -2.64. The number of halogens is 4. The number of ketones is 1. The summed E-state index contributed by atoms with van der Waals surface area (Å²) in [5.74, 6) is -0.0652. The number of alkyl halides is 4. The lowest BCUT2D eigenvalue weighted by molar-refractivity contribution is -0.126. The number of amides is 1. The van der Waals surface area contributed by atoms with E-state index in [4.69, 9.17) is 0 Å². The Hall–Kier alpha value is -3.49. The van der Waals surface area contributed by atoms with Gasteiger partial charge in [-0.15, -0.1) is 26.6 Å². The predicted octanol–water partition coefficient (Wildman–Crippen LogP) is 4.49. The number of rotatable bonds is 11. The lowest BCUT2D eigenvalue weighted by Gasteiger charge is -2.30. The van der Waals surface area contributed by atoms with E-state index in [2.05, 4.69) is 30.7 Å². The second kappa shape index (κ2) is 11.7. The molecule has 3 aromatic rings. The van der Waals surface area contributed by atoms with Gasteiger partial charge >= 0.3 is 6.61 Å². The molecule has 3 aromatic heterocycles. The third-order valence-corrected chi connectivity index (χ3v) is 9.70. The van der Waals surface area contributed by atoms with Crippen LogP contribution >= 0.6 is 11.3 Å². The average Bonchev–Trinajstić information content (AvgIpc) is 3.60. The molecule has 2 saturated carbocycles. The zero-order chi connectivity index (χ0) is 29.5. The van der Waals surface area contributed by atoms with Gasteiger partial charge in [0.25, 0.3) is 5.91 Å². The van der Waals surface area contributed by atoms with Crippen molar-refractivity contribution >= 4 is 34.8 Å². The molecular formula is C27H31F4N7O3S. The van der Waals surface area contributed by atoms with Crippen LogP contribution in [0.25, 0.3) is 0 Å². The molecule has 1 atom stereocenters. The zero-order valence-corrected chi connectivity index (χ0v) is 23.7. The van der Waals surface area contributed by atoms with Crippen molar-refractivity contribution in [3.63, 3.8) is 0 Å². The minimum atomic E-state index is -3.01. The van der Waals surface area contributed by atoms with Gasteiger partial charge in [-0.3, -0.25) is 14.2 Å². The van der Waals surface area contributed by atoms with Gasteiger partial charge in [0, 0.05) is 47.8 Å². The number of carbonyl (C=O) groups excluding carboxylic acids is 2. The number of aryl methyl sites for hydroxylation is 2. The number of carbonyl (C=O) groups is 2. The van der Waals surface area contributed by atoms with E-state index in [1.165, 1.54) is 22.1 Å². The molecule has 6 rings (SSSR count). The first-order valence-electron chi connectivity index (χ1n) is 14.0. The largest absolute Gasteiger partial charge is 0.415 e. The molecule has 1 amide bonds. The topological polar surface area (TPSA) is 116 Å². The van der Waals surface area contributed by atoms with E-state index in [-0.39, 0.29) is 54.7 Å². The molecule has 0 aliphatic heterocycles. The van der Waals surface area contributed by atoms with Gasteiger partial charge in [-0.2, -0.15) is 8.78 Å². The number of anilines is 2. The molecule has 3 aliphatic rings. The highest BCUT2D eigenvalue weighted by Gasteiger charge is 2.37. The highest BCUT2D eigenvalue weighted by molar-refractivity contribution is 7.12. The fourth-order valence-electron chi connectivity index (χ4n) is 5.93. The van der Waals surface area contributed by atoms with Crippen molar-refractivity contribution in [3.8, 4) is 5.88 Å². The minimum absolute atomic E-state index is 0.0518. The Labute approximate surface area is 242 Å². The van der Waals surface area contributed by atoms with Gasteiger partial charge in [0.05, 0.1) is 5.56 Å². The maximum absolute atomic E-state index is 13.5. The summed E-state index contributed by atoms with van der Waals surface area (Å²) in [6, 6.07) is 1.19. The van der Waals surface area contributed by atoms with Crippen LogP contribution in [0.2, 0.25) is 0 Å². The Bertz CT molecular complexity index is 1460. The number of thiophene rings is 1. The summed E-state index contributed by atoms with van der Waals surface area (Å²) in [6.07, 6.45) is 3.06. The number of hydrogen-bond donors (Lipinski definition) is 2. The van der Waals surface area contributed by atoms with Crippen molar-refractivity contribution < 1.29 is 31.9 Å². The molecule has 0 bridgehead atoms. The fourth-order valence-corrected chi connectivity index (χ4v) is 7.29. The first kappa shape index (κ1) is 28.6. The van der Waals surface area contributed by atoms with Gasteiger partial charge in [0.1, 0.15) is 30.3 Å². The quantitative estimate of drug-likeness (QED) is 0.308. The van der Waals surface area contributed by atoms with Crippen LogP contribution < -0.4 is 15.4 Å². The molecule has 10 nitrogen and oxygen atoms in total. The summed E-state index contributed by atoms with van der Waals surface area (Å²) in [4.78, 5) is 28.2. The van der Waals surface area contributed by atoms with Gasteiger partial charge in [-0.25, -0.2) is 13.5 Å². The van der Waals surface area contributed by atoms with Crippen LogP contribution in [0.4, 0.5) is 29.3 Å². The smallest absolute Gasteiger partial charge is 0.388 e. The fraction of sp³-hybridized carbons (Fsp3) is 0.593. The van der Waals surface area contributed by atoms with Crippen LogP contribution in [0.15, 0.2) is 12.4 Å². The Balaban J connectivity index is 1.22. The molecule has 2 N–H and O–H groups in total. The number of nitrogens with zero attached hydrogens (tertiary/aromatic N) is 5. The SMILES string of the molecule is Cn1nc(OC(F)F)cc1Nc1nncn1[C@H]1CCc2sc(CC(=O)C3CC(F)C3)c(C(=O)NCC3CC(F)C3)c2C1. The summed E-state index contributed by atoms with van der Waals surface area (Å²) in [5.41, 5.74) is 1.35. The van der Waals surface area contributed by atoms with Crippen molar-refractivity contribution in [3.05, 3.63) is 33.3 Å². The molecular weight excluding hydrogens is 578 g/mol. The molecule has 3 aliphatic carbocycles. The molecule has 0 radical (unpaired) electrons. The van der Waals surface area contributed by atoms with Crippen molar-refractivity contribution in [2.45, 2.75) is 76.4 Å². The molecule has 226 valence electrons. The van der Waals surface area contributed by atoms with Crippen molar-refractivity contribution in [2.75, 3.05) is 11.9 Å². The molecule has 0 saturated heterocycles. The molecule has 0 unspecified atom stereocenters. The standard InChI is InChI=1S/C27H31F4N7O3S/c1-37-22(10-23(36-37)41-26(30)31)34-27-35-33-12-38(27)17-2-3-20-18(8-17)24(25(40)32-11-13-4-15(28)5-13)21(42-20)9-19(39)14-6-16(29)7-14/h10,12-17,26H,2-9,11H2,1H3,(H,32,40)(H,34,35)/t13?,14?,15?,16?,17-/m0/s1. The second-order valence-electron chi connectivity index (χ2n) is 11.3. The maximum atomic E-state index is 13.5. The van der Waals surface area contributed by atoms with Crippen LogP contribution in [-0.2, 0) is 31.1 Å². The van der Waals surface area contributed by atoms with Crippen LogP contribution in [0.1, 0.15) is 63.8 Å². The molecule has 42 heavy (non-hydrogen) atoms. The van der Waals surface area contributed by atoms with E-state index in [1.807, 2.05) is 4.57 Å². The number of nitrogens with one attached hydrogen (secondary N) is 2. The van der Waals surface area contributed by atoms with Gasteiger partial charge in [0.2, 0.25) is 11.8 Å². The number of ether oxygens (including phenoxy) is 1. The van der Waals surface area contributed by atoms with Crippen LogP contribution in [0.3, 0.4) is 0 Å². The zero-order valence-electron chi connectivity index (χ0n) is 22.9. The second-order valence-corrected chi connectivity index (χ2v) is 12.5. The molecule has 2 fully saturated rings. The number of fused-ring (bicyclic) bond motifs is 1. The molecule has 3 heterocycles. The summed E-state index contributed by atoms with van der Waals surface area (Å²) < 4.78 is 59.6. The first-order chi connectivity index (χ1) is 20.1. The number of Topliss-reactive ketones (excluding diaryl/α,β-unsaturated/α-hetero) is 1. The third-order valence-electron chi connectivity index (χ3n) is 8.41. The predicted molar refractivity (Wildman–Crippen MR) is 145 cm³/mol. The van der Waals surface area contributed by atoms with Gasteiger partial charge in [0.15, 0.2) is 0 Å². The summed E-state index contributed by atoms with van der Waals surface area (Å²) in [7, 11) is 1.57. The Kier molecular flexibility index (Phi) is 7.94. The molecule has 0 spiro atoms. The highest BCUT2D eigenvalue weighted by atomic mass is 32.1. The Morgan fingerprint density at radius 2 is 1.95 bits per heavy atom. The average molecular weight is 610 g/mol. The van der Waals surface area contributed by atoms with Crippen molar-refractivity contribution in [2.24, 2.45) is 18.9 Å². The van der Waals surface area contributed by atoms with Crippen LogP contribution in [0.5, 0.6) is 5.88 Å². The van der Waals surface area contributed by atoms with E-state index < -0.39 is 19.0 Å². The number of hydrogen-bond acceptors (Lipinski definition) is 8. The van der Waals surface area contributed by atoms with Crippen LogP contribution in [-0.4, -0.2) is 61.7 Å². The molecule has 0 aromatic carbocycles. The Morgan fingerprint density at radius 3 is 2.67 bits per heavy atom. The van der Waals surface area contributed by atoms with Gasteiger partial charge < -0.3 is 15.4 Å². The van der Waals surface area contributed by atoms with E-state index in [0.29, 0.717) is 60.9 Å². The van der Waals surface area contributed by atoms with E-state index in [9.17, 15) is 27.2 Å². The third kappa shape index (κ3) is 5.88. The minimum Gasteiger partial charge on any atom is -0.415 e. The Morgan fingerprint density at radius 1 is 1.19 bits per heavy atom. The highest BCUT2D eigenvalue weighted by Crippen LogP contribution is 2.41. The lowest BCUT2D eigenvalue weighted by atomic mass is 9.79. The van der Waals surface area contributed by atoms with Crippen molar-refractivity contribution in [1.82, 2.24) is 29.9 Å². The first-order valence-corrected chi connectivity index (χ1v) is 14.8. The van der Waals surface area contributed by atoms with Crippen molar-refractivity contribution in [1.29, 1.82) is 0 Å². The van der Waals surface area contributed by atoms with Crippen LogP contribution in [0, 0.1) is 11.8 Å². The normalized spacial score (nSPS) is 25.0. The lowest BCUT2D eigenvalue weighted by Crippen LogP contribution is -2.37. The summed E-state index contributed by atoms with van der Waals surface area (Å²) in [5, 5.41) is 18.1.